The molecule has 0 amide bonds. The Kier molecular flexibility index (Phi) is 15.9. The van der Waals surface area contributed by atoms with Crippen molar-refractivity contribution in [3.63, 3.8) is 0 Å². The number of unbranched alkanes of at least 4 members (excludes halogenated alkanes) is 1. The molecule has 0 unspecified atom stereocenters. The van der Waals surface area contributed by atoms with Gasteiger partial charge in [-0.3, -0.25) is 9.89 Å². The lowest BCUT2D eigenvalue weighted by Crippen LogP contribution is -2.38. The van der Waals surface area contributed by atoms with E-state index >= 15 is 0 Å². The van der Waals surface area contributed by atoms with Gasteiger partial charge in [0.1, 0.15) is 0 Å². The summed E-state index contributed by atoms with van der Waals surface area (Å²) in [4.78, 5) is 6.67. The molecule has 0 aliphatic carbocycles. The highest BCUT2D eigenvalue weighted by Crippen LogP contribution is 2.14. The summed E-state index contributed by atoms with van der Waals surface area (Å²) in [5.74, 6) is 0.772. The first-order valence-corrected chi connectivity index (χ1v) is 11.3. The lowest BCUT2D eigenvalue weighted by atomic mass is 10.1. The largest absolute Gasteiger partial charge is 0.393 e. The van der Waals surface area contributed by atoms with Crippen LogP contribution in [0.2, 0.25) is 0 Å². The number of piperidine rings is 1. The number of aliphatic hydroxyl groups is 1. The number of benzene rings is 1. The molecular weight excluding hydrogens is 507 g/mol. The summed E-state index contributed by atoms with van der Waals surface area (Å²) in [5, 5.41) is 16.2. The zero-order valence-corrected chi connectivity index (χ0v) is 21.5. The van der Waals surface area contributed by atoms with Gasteiger partial charge in [-0.2, -0.15) is 0 Å². The Morgan fingerprint density at radius 3 is 2.32 bits per heavy atom. The number of hydrogen-bond acceptors (Lipinski definition) is 5. The number of aliphatic hydroxyl groups excluding tert-OH is 1. The summed E-state index contributed by atoms with van der Waals surface area (Å²) in [7, 11) is 1.77. The van der Waals surface area contributed by atoms with Crippen LogP contribution < -0.4 is 10.6 Å². The minimum Gasteiger partial charge on any atom is -0.393 e. The van der Waals surface area contributed by atoms with Gasteiger partial charge in [-0.15, -0.1) is 24.0 Å². The van der Waals surface area contributed by atoms with Crippen molar-refractivity contribution in [3.8, 4) is 0 Å². The van der Waals surface area contributed by atoms with Crippen molar-refractivity contribution < 1.29 is 14.6 Å². The van der Waals surface area contributed by atoms with Crippen LogP contribution in [0.4, 0.5) is 0 Å². The number of guanidine groups is 1. The third kappa shape index (κ3) is 12.6. The van der Waals surface area contributed by atoms with E-state index in [0.29, 0.717) is 26.4 Å². The van der Waals surface area contributed by atoms with Crippen LogP contribution in [0, 0.1) is 0 Å². The Morgan fingerprint density at radius 2 is 1.68 bits per heavy atom. The van der Waals surface area contributed by atoms with Crippen LogP contribution >= 0.6 is 24.0 Å². The summed E-state index contributed by atoms with van der Waals surface area (Å²) in [6, 6.07) is 8.70. The number of aliphatic imine (C=N–C) groups is 1. The summed E-state index contributed by atoms with van der Waals surface area (Å²) in [5.41, 5.74) is 2.53. The highest BCUT2D eigenvalue weighted by atomic mass is 127. The Bertz CT molecular complexity index is 593. The van der Waals surface area contributed by atoms with E-state index in [-0.39, 0.29) is 30.1 Å². The maximum Gasteiger partial charge on any atom is 0.191 e. The van der Waals surface area contributed by atoms with Gasteiger partial charge in [-0.25, -0.2) is 0 Å². The molecule has 0 radical (unpaired) electrons. The fraction of sp³-hybridized carbons (Fsp3) is 0.696. The van der Waals surface area contributed by atoms with Crippen LogP contribution in [0.1, 0.15) is 43.7 Å². The van der Waals surface area contributed by atoms with E-state index in [2.05, 4.69) is 51.7 Å². The monoisotopic (exact) mass is 548 g/mol. The van der Waals surface area contributed by atoms with E-state index in [1.54, 1.807) is 7.05 Å². The molecule has 1 aliphatic heterocycles. The molecule has 1 aromatic rings. The predicted octanol–water partition coefficient (Wildman–Crippen LogP) is 2.76. The quantitative estimate of drug-likeness (QED) is 0.152. The number of nitrogens with one attached hydrogen (secondary N) is 2. The maximum absolute atomic E-state index is 9.62. The first-order chi connectivity index (χ1) is 14.7. The van der Waals surface area contributed by atoms with Crippen LogP contribution in [-0.4, -0.2) is 75.2 Å². The maximum atomic E-state index is 9.62. The van der Waals surface area contributed by atoms with Gasteiger partial charge in [-0.1, -0.05) is 37.6 Å². The molecule has 1 heterocycles. The Hall–Kier alpha value is -0.940. The molecule has 0 spiro atoms. The third-order valence-electron chi connectivity index (χ3n) is 5.22. The van der Waals surface area contributed by atoms with Crippen LogP contribution in [0.3, 0.4) is 0 Å². The molecule has 8 heteroatoms. The second kappa shape index (κ2) is 17.6. The van der Waals surface area contributed by atoms with Crippen molar-refractivity contribution in [1.29, 1.82) is 0 Å². The van der Waals surface area contributed by atoms with Gasteiger partial charge < -0.3 is 25.2 Å². The first kappa shape index (κ1) is 28.1. The number of halogens is 1. The fourth-order valence-corrected chi connectivity index (χ4v) is 3.31. The lowest BCUT2D eigenvalue weighted by Gasteiger charge is -2.29. The second-order valence-electron chi connectivity index (χ2n) is 7.75. The normalized spacial score (nSPS) is 15.5. The van der Waals surface area contributed by atoms with Gasteiger partial charge in [0, 0.05) is 46.4 Å². The molecule has 1 fully saturated rings. The number of hydrogen-bond donors (Lipinski definition) is 3. The molecule has 31 heavy (non-hydrogen) atoms. The first-order valence-electron chi connectivity index (χ1n) is 11.3. The summed E-state index contributed by atoms with van der Waals surface area (Å²) in [6.45, 7) is 9.21. The van der Waals surface area contributed by atoms with E-state index in [9.17, 15) is 5.11 Å². The molecule has 1 aromatic carbocycles. The fourth-order valence-electron chi connectivity index (χ4n) is 3.31. The third-order valence-corrected chi connectivity index (χ3v) is 5.22. The highest BCUT2D eigenvalue weighted by molar-refractivity contribution is 14.0. The van der Waals surface area contributed by atoms with Crippen LogP contribution in [0.25, 0.3) is 0 Å². The van der Waals surface area contributed by atoms with E-state index < -0.39 is 0 Å². The zero-order chi connectivity index (χ0) is 21.4. The molecule has 1 aliphatic rings. The molecule has 0 aromatic heterocycles. The molecule has 0 atom stereocenters. The van der Waals surface area contributed by atoms with Crippen LogP contribution in [0.15, 0.2) is 29.3 Å². The van der Waals surface area contributed by atoms with E-state index in [4.69, 9.17) is 9.47 Å². The van der Waals surface area contributed by atoms with E-state index in [1.807, 2.05) is 0 Å². The van der Waals surface area contributed by atoms with E-state index in [0.717, 1.165) is 64.4 Å². The molecule has 2 rings (SSSR count). The van der Waals surface area contributed by atoms with Crippen molar-refractivity contribution in [2.45, 2.75) is 51.8 Å². The minimum atomic E-state index is -0.117. The molecule has 0 saturated carbocycles. The summed E-state index contributed by atoms with van der Waals surface area (Å²) < 4.78 is 11.0. The SMILES string of the molecule is CCCCOCCOCCNC(=NC)NCc1ccc(CN2CCC(O)CC2)cc1.I. The molecule has 1 saturated heterocycles. The average Bonchev–Trinajstić information content (AvgIpc) is 2.77. The van der Waals surface area contributed by atoms with Gasteiger partial charge in [0.2, 0.25) is 0 Å². The average molecular weight is 549 g/mol. The number of rotatable bonds is 13. The molecule has 3 N–H and O–H groups in total. The van der Waals surface area contributed by atoms with Crippen molar-refractivity contribution in [3.05, 3.63) is 35.4 Å². The van der Waals surface area contributed by atoms with Crippen molar-refractivity contribution in [2.75, 3.05) is 53.1 Å². The minimum absolute atomic E-state index is 0. The van der Waals surface area contributed by atoms with Gasteiger partial charge in [-0.05, 0) is 30.4 Å². The number of ether oxygens (including phenoxy) is 2. The summed E-state index contributed by atoms with van der Waals surface area (Å²) >= 11 is 0. The van der Waals surface area contributed by atoms with Gasteiger partial charge in [0.25, 0.3) is 0 Å². The van der Waals surface area contributed by atoms with Crippen molar-refractivity contribution >= 4 is 29.9 Å². The van der Waals surface area contributed by atoms with Gasteiger partial charge in [0.15, 0.2) is 5.96 Å². The molecule has 0 bridgehead atoms. The number of likely N-dealkylation sites (tertiary alicyclic amines) is 1. The lowest BCUT2D eigenvalue weighted by molar-refractivity contribution is 0.0487. The van der Waals surface area contributed by atoms with Crippen molar-refractivity contribution in [2.24, 2.45) is 4.99 Å². The van der Waals surface area contributed by atoms with Crippen LogP contribution in [-0.2, 0) is 22.6 Å². The second-order valence-corrected chi connectivity index (χ2v) is 7.75. The Labute approximate surface area is 205 Å². The Balaban J connectivity index is 0.00000480. The van der Waals surface area contributed by atoms with Crippen LogP contribution in [0.5, 0.6) is 0 Å². The highest BCUT2D eigenvalue weighted by Gasteiger charge is 2.16. The number of nitrogens with zero attached hydrogens (tertiary/aromatic N) is 2. The van der Waals surface area contributed by atoms with E-state index in [1.165, 1.54) is 11.1 Å². The predicted molar refractivity (Wildman–Crippen MR) is 137 cm³/mol. The van der Waals surface area contributed by atoms with Gasteiger partial charge in [0.05, 0.1) is 25.9 Å². The Morgan fingerprint density at radius 1 is 1.03 bits per heavy atom. The topological polar surface area (TPSA) is 78.4 Å². The zero-order valence-electron chi connectivity index (χ0n) is 19.1. The smallest absolute Gasteiger partial charge is 0.191 e. The molecular formula is C23H41IN4O3. The van der Waals surface area contributed by atoms with Gasteiger partial charge >= 0.3 is 0 Å². The standard InChI is InChI=1S/C23H40N4O3.HI/c1-3-4-14-29-16-17-30-15-11-25-23(24-2)26-18-20-5-7-21(8-6-20)19-27-12-9-22(28)10-13-27;/h5-8,22,28H,3-4,9-19H2,1-2H3,(H2,24,25,26);1H. The summed E-state index contributed by atoms with van der Waals surface area (Å²) in [6.07, 6.45) is 3.91. The molecule has 178 valence electrons. The molecule has 7 nitrogen and oxygen atoms in total. The van der Waals surface area contributed by atoms with Crippen molar-refractivity contribution in [1.82, 2.24) is 15.5 Å².